The lowest BCUT2D eigenvalue weighted by Gasteiger charge is -2.49. The Morgan fingerprint density at radius 1 is 0.743 bits per heavy atom. The van der Waals surface area contributed by atoms with Crippen LogP contribution in [0, 0.1) is 11.8 Å². The monoisotopic (exact) mass is 470 g/mol. The average molecular weight is 471 g/mol. The largest absolute Gasteiger partial charge is 0.320 e. The van der Waals surface area contributed by atoms with Crippen molar-refractivity contribution in [3.63, 3.8) is 0 Å². The second-order valence-electron chi connectivity index (χ2n) is 11.5. The van der Waals surface area contributed by atoms with E-state index in [9.17, 15) is 9.59 Å². The van der Waals surface area contributed by atoms with Crippen LogP contribution in [0.5, 0.6) is 0 Å². The van der Waals surface area contributed by atoms with Crippen molar-refractivity contribution < 1.29 is 0 Å². The molecule has 6 heteroatoms. The Hall–Kier alpha value is -2.73. The van der Waals surface area contributed by atoms with E-state index in [-0.39, 0.29) is 17.2 Å². The molecule has 4 fully saturated rings. The molecule has 1 aromatic carbocycles. The van der Waals surface area contributed by atoms with E-state index in [1.807, 2.05) is 28.8 Å². The van der Waals surface area contributed by atoms with E-state index in [4.69, 9.17) is 4.98 Å². The molecule has 4 heterocycles. The van der Waals surface area contributed by atoms with E-state index in [1.54, 1.807) is 12.1 Å². The normalized spacial score (nSPS) is 32.7. The van der Waals surface area contributed by atoms with E-state index in [0.717, 1.165) is 41.8 Å². The lowest BCUT2D eigenvalue weighted by Crippen LogP contribution is -2.52. The van der Waals surface area contributed by atoms with Crippen LogP contribution < -0.4 is 11.1 Å². The summed E-state index contributed by atoms with van der Waals surface area (Å²) in [5, 5.41) is 0. The summed E-state index contributed by atoms with van der Waals surface area (Å²) in [4.78, 5) is 36.3. The number of H-pyrrole nitrogens is 1. The fraction of sp³-hybridized carbons (Fsp3) is 0.552. The number of nitrogens with zero attached hydrogens (tertiary/aromatic N) is 3. The Bertz CT molecular complexity index is 1350. The number of rotatable bonds is 3. The van der Waals surface area contributed by atoms with Gasteiger partial charge in [0.2, 0.25) is 5.56 Å². The molecule has 2 aromatic heterocycles. The first-order chi connectivity index (χ1) is 17.1. The first-order valence-corrected chi connectivity index (χ1v) is 13.6. The molecule has 4 aliphatic rings. The molecule has 0 radical (unpaired) electrons. The van der Waals surface area contributed by atoms with Gasteiger partial charge < -0.3 is 9.55 Å². The Morgan fingerprint density at radius 2 is 1.49 bits per heavy atom. The molecular formula is C29H34N4O2. The Balaban J connectivity index is 1.25. The molecule has 182 valence electrons. The topological polar surface area (TPSA) is 71.0 Å². The molecule has 4 bridgehead atoms. The van der Waals surface area contributed by atoms with Crippen LogP contribution in [0.2, 0.25) is 0 Å². The summed E-state index contributed by atoms with van der Waals surface area (Å²) < 4.78 is 2.02. The quantitative estimate of drug-likeness (QED) is 0.592. The van der Waals surface area contributed by atoms with Crippen LogP contribution in [-0.2, 0) is 0 Å². The number of aromatic nitrogens is 3. The summed E-state index contributed by atoms with van der Waals surface area (Å²) in [6, 6.07) is 14.9. The summed E-state index contributed by atoms with van der Waals surface area (Å²) in [5.41, 5.74) is 2.25. The number of aromatic amines is 1. The van der Waals surface area contributed by atoms with E-state index in [0.29, 0.717) is 23.5 Å². The highest BCUT2D eigenvalue weighted by molar-refractivity contribution is 5.77. The zero-order chi connectivity index (χ0) is 23.5. The van der Waals surface area contributed by atoms with E-state index in [1.165, 1.54) is 57.4 Å². The maximum absolute atomic E-state index is 13.9. The van der Waals surface area contributed by atoms with Crippen molar-refractivity contribution in [2.24, 2.45) is 11.8 Å². The number of hydrogen-bond donors (Lipinski definition) is 1. The molecule has 6 nitrogen and oxygen atoms in total. The summed E-state index contributed by atoms with van der Waals surface area (Å²) >= 11 is 0. The molecule has 6 atom stereocenters. The molecule has 0 unspecified atom stereocenters. The zero-order valence-electron chi connectivity index (χ0n) is 20.2. The third-order valence-electron chi connectivity index (χ3n) is 9.47. The predicted molar refractivity (Wildman–Crippen MR) is 137 cm³/mol. The summed E-state index contributed by atoms with van der Waals surface area (Å²) in [6.45, 7) is 0. The lowest BCUT2D eigenvalue weighted by atomic mass is 9.69. The number of piperidine rings is 1. The number of hydrogen-bond acceptors (Lipinski definition) is 4. The van der Waals surface area contributed by atoms with Gasteiger partial charge in [-0.2, -0.15) is 0 Å². The van der Waals surface area contributed by atoms with Gasteiger partial charge in [0.15, 0.2) is 5.69 Å². The molecule has 1 N–H and O–H groups in total. The first-order valence-electron chi connectivity index (χ1n) is 13.6. The molecule has 2 aliphatic heterocycles. The van der Waals surface area contributed by atoms with Gasteiger partial charge in [0.1, 0.15) is 0 Å². The van der Waals surface area contributed by atoms with Crippen LogP contribution in [0.3, 0.4) is 0 Å². The van der Waals surface area contributed by atoms with Crippen molar-refractivity contribution in [2.45, 2.75) is 88.4 Å². The molecule has 0 amide bonds. The van der Waals surface area contributed by atoms with Gasteiger partial charge in [-0.25, -0.2) is 4.98 Å². The maximum Gasteiger partial charge on any atom is 0.279 e. The van der Waals surface area contributed by atoms with Crippen molar-refractivity contribution in [3.8, 4) is 11.4 Å². The summed E-state index contributed by atoms with van der Waals surface area (Å²) in [6.07, 6.45) is 13.1. The van der Waals surface area contributed by atoms with Crippen LogP contribution in [0.25, 0.3) is 22.4 Å². The third-order valence-corrected chi connectivity index (χ3v) is 9.47. The van der Waals surface area contributed by atoms with Gasteiger partial charge in [-0.05, 0) is 75.0 Å². The second kappa shape index (κ2) is 8.44. The van der Waals surface area contributed by atoms with Crippen LogP contribution in [0.15, 0.2) is 52.1 Å². The Kier molecular flexibility index (Phi) is 5.19. The van der Waals surface area contributed by atoms with Gasteiger partial charge in [0.05, 0.1) is 16.7 Å². The van der Waals surface area contributed by atoms with Gasteiger partial charge in [-0.15, -0.1) is 0 Å². The van der Waals surface area contributed by atoms with Gasteiger partial charge >= 0.3 is 0 Å². The van der Waals surface area contributed by atoms with Gasteiger partial charge in [-0.3, -0.25) is 14.5 Å². The number of fused-ring (bicyclic) bond motifs is 5. The molecule has 35 heavy (non-hydrogen) atoms. The van der Waals surface area contributed by atoms with Crippen LogP contribution >= 0.6 is 0 Å². The van der Waals surface area contributed by atoms with Crippen LogP contribution in [0.1, 0.15) is 70.3 Å². The maximum atomic E-state index is 13.9. The summed E-state index contributed by atoms with van der Waals surface area (Å²) in [7, 11) is 0. The SMILES string of the molecule is O=c1cccc(-c2nc3ccccc3n([C@@H]3C[C@H]4CC[C@@H](C3)N4[C@@H]3C[C@@H]4CCC[C@@H](C4)C3)c2=O)[nH]1. The van der Waals surface area contributed by atoms with Crippen molar-refractivity contribution in [2.75, 3.05) is 0 Å². The molecule has 7 rings (SSSR count). The summed E-state index contributed by atoms with van der Waals surface area (Å²) in [5.74, 6) is 1.87. The second-order valence-corrected chi connectivity index (χ2v) is 11.5. The first kappa shape index (κ1) is 21.5. The van der Waals surface area contributed by atoms with Crippen LogP contribution in [0.4, 0.5) is 0 Å². The highest BCUT2D eigenvalue weighted by Crippen LogP contribution is 2.48. The Morgan fingerprint density at radius 3 is 2.23 bits per heavy atom. The fourth-order valence-electron chi connectivity index (χ4n) is 8.21. The van der Waals surface area contributed by atoms with Gasteiger partial charge in [-0.1, -0.05) is 37.5 Å². The molecular weight excluding hydrogens is 436 g/mol. The average Bonchev–Trinajstić information content (AvgIpc) is 3.13. The van der Waals surface area contributed by atoms with Gasteiger partial charge in [0.25, 0.3) is 5.56 Å². The predicted octanol–water partition coefficient (Wildman–Crippen LogP) is 4.89. The third kappa shape index (κ3) is 3.68. The Labute approximate surface area is 205 Å². The molecule has 2 saturated carbocycles. The van der Waals surface area contributed by atoms with Crippen molar-refractivity contribution in [3.05, 3.63) is 63.2 Å². The highest BCUT2D eigenvalue weighted by atomic mass is 16.1. The lowest BCUT2D eigenvalue weighted by molar-refractivity contribution is 0.00791. The smallest absolute Gasteiger partial charge is 0.279 e. The minimum absolute atomic E-state index is 0.0874. The van der Waals surface area contributed by atoms with Gasteiger partial charge in [0, 0.05) is 30.2 Å². The molecule has 3 aromatic rings. The molecule has 0 spiro atoms. The highest BCUT2D eigenvalue weighted by Gasteiger charge is 2.47. The standard InChI is InChI=1S/C29H34N4O2/c34-27-10-4-8-25(30-27)28-29(35)33(26-9-2-1-7-24(26)31-28)23-16-20-11-12-21(17-23)32(20)22-14-18-5-3-6-19(13-18)15-22/h1-2,4,7-10,18-23H,3,5-6,11-17H2,(H,30,34)/t18-,19+,20-,21+,22-,23-. The number of benzene rings is 1. The van der Waals surface area contributed by atoms with Crippen LogP contribution in [-0.4, -0.2) is 37.6 Å². The molecule has 2 aliphatic carbocycles. The van der Waals surface area contributed by atoms with E-state index in [2.05, 4.69) is 9.88 Å². The number of nitrogens with one attached hydrogen (secondary N) is 1. The minimum atomic E-state index is -0.216. The zero-order valence-corrected chi connectivity index (χ0v) is 20.2. The number of para-hydroxylation sites is 2. The van der Waals surface area contributed by atoms with Crippen molar-refractivity contribution in [1.29, 1.82) is 0 Å². The molecule has 2 saturated heterocycles. The van der Waals surface area contributed by atoms with E-state index < -0.39 is 0 Å². The van der Waals surface area contributed by atoms with E-state index >= 15 is 0 Å². The fourth-order valence-corrected chi connectivity index (χ4v) is 8.21. The minimum Gasteiger partial charge on any atom is -0.320 e. The number of pyridine rings is 1. The van der Waals surface area contributed by atoms with Crippen molar-refractivity contribution in [1.82, 2.24) is 19.4 Å². The van der Waals surface area contributed by atoms with Crippen molar-refractivity contribution >= 4 is 11.0 Å².